The molecule has 0 radical (unpaired) electrons. The van der Waals surface area contributed by atoms with Gasteiger partial charge in [-0.15, -0.1) is 0 Å². The Morgan fingerprint density at radius 3 is 2.08 bits per heavy atom. The number of ether oxygens (including phenoxy) is 2. The number of carbonyl (C=O) groups is 3. The lowest BCUT2D eigenvalue weighted by atomic mass is 10.1. The monoisotopic (exact) mass is 333 g/mol. The van der Waals surface area contributed by atoms with Crippen molar-refractivity contribution in [3.05, 3.63) is 23.8 Å². The van der Waals surface area contributed by atoms with Crippen LogP contribution in [-0.2, 0) is 20.8 Å². The summed E-state index contributed by atoms with van der Waals surface area (Å²) in [5.74, 6) is -1.70. The van der Waals surface area contributed by atoms with Gasteiger partial charge in [0.2, 0.25) is 0 Å². The summed E-state index contributed by atoms with van der Waals surface area (Å²) in [7, 11) is 0. The molecule has 2 saturated carbocycles. The summed E-state index contributed by atoms with van der Waals surface area (Å²) in [5, 5.41) is 8.90. The van der Waals surface area contributed by atoms with E-state index in [1.165, 1.54) is 12.1 Å². The first-order valence-corrected chi connectivity index (χ1v) is 7.98. The van der Waals surface area contributed by atoms with Crippen molar-refractivity contribution in [2.24, 2.45) is 17.6 Å². The zero-order chi connectivity index (χ0) is 17.3. The van der Waals surface area contributed by atoms with Gasteiger partial charge in [0, 0.05) is 0 Å². The molecule has 0 aromatic heterocycles. The van der Waals surface area contributed by atoms with Crippen molar-refractivity contribution < 1.29 is 29.0 Å². The Morgan fingerprint density at radius 2 is 1.58 bits per heavy atom. The van der Waals surface area contributed by atoms with Crippen molar-refractivity contribution >= 4 is 17.9 Å². The van der Waals surface area contributed by atoms with Crippen molar-refractivity contribution in [1.29, 1.82) is 0 Å². The second kappa shape index (κ2) is 6.60. The summed E-state index contributed by atoms with van der Waals surface area (Å²) < 4.78 is 10.7. The zero-order valence-corrected chi connectivity index (χ0v) is 13.1. The van der Waals surface area contributed by atoms with E-state index in [0.29, 0.717) is 5.56 Å². The van der Waals surface area contributed by atoms with Crippen molar-refractivity contribution in [3.8, 4) is 11.5 Å². The van der Waals surface area contributed by atoms with Gasteiger partial charge in [-0.05, 0) is 49.8 Å². The van der Waals surface area contributed by atoms with Crippen LogP contribution in [0.4, 0.5) is 0 Å². The lowest BCUT2D eigenvalue weighted by molar-refractivity contribution is -0.138. The van der Waals surface area contributed by atoms with Crippen LogP contribution < -0.4 is 15.2 Å². The topological polar surface area (TPSA) is 116 Å². The molecular formula is C17H19NO6. The van der Waals surface area contributed by atoms with Gasteiger partial charge in [-0.3, -0.25) is 14.4 Å². The molecule has 128 valence electrons. The molecule has 2 fully saturated rings. The highest BCUT2D eigenvalue weighted by atomic mass is 16.6. The Kier molecular flexibility index (Phi) is 4.53. The molecule has 0 aliphatic heterocycles. The first-order valence-electron chi connectivity index (χ1n) is 7.98. The number of carbonyl (C=O) groups excluding carboxylic acids is 2. The molecule has 0 saturated heterocycles. The molecule has 1 aromatic carbocycles. The van der Waals surface area contributed by atoms with Crippen molar-refractivity contribution in [3.63, 3.8) is 0 Å². The fourth-order valence-electron chi connectivity index (χ4n) is 2.21. The maximum absolute atomic E-state index is 11.9. The quantitative estimate of drug-likeness (QED) is 0.570. The van der Waals surface area contributed by atoms with Gasteiger partial charge in [0.25, 0.3) is 0 Å². The second-order valence-corrected chi connectivity index (χ2v) is 6.32. The highest BCUT2D eigenvalue weighted by Gasteiger charge is 2.34. The number of hydrogen-bond donors (Lipinski definition) is 2. The zero-order valence-electron chi connectivity index (χ0n) is 13.1. The predicted molar refractivity (Wildman–Crippen MR) is 82.5 cm³/mol. The van der Waals surface area contributed by atoms with Crippen LogP contribution in [0.25, 0.3) is 0 Å². The second-order valence-electron chi connectivity index (χ2n) is 6.32. The summed E-state index contributed by atoms with van der Waals surface area (Å²) >= 11 is 0. The van der Waals surface area contributed by atoms with E-state index >= 15 is 0 Å². The Bertz CT molecular complexity index is 678. The first kappa shape index (κ1) is 16.4. The minimum Gasteiger partial charge on any atom is -0.480 e. The van der Waals surface area contributed by atoms with Gasteiger partial charge in [0.05, 0.1) is 11.8 Å². The van der Waals surface area contributed by atoms with Crippen LogP contribution in [0.3, 0.4) is 0 Å². The van der Waals surface area contributed by atoms with Gasteiger partial charge in [-0.25, -0.2) is 0 Å². The summed E-state index contributed by atoms with van der Waals surface area (Å²) in [6.45, 7) is 0. The van der Waals surface area contributed by atoms with Crippen LogP contribution in [-0.4, -0.2) is 29.1 Å². The Labute approximate surface area is 138 Å². The van der Waals surface area contributed by atoms with Crippen LogP contribution >= 0.6 is 0 Å². The Morgan fingerprint density at radius 1 is 1.04 bits per heavy atom. The smallest absolute Gasteiger partial charge is 0.320 e. The van der Waals surface area contributed by atoms with E-state index in [1.54, 1.807) is 6.07 Å². The van der Waals surface area contributed by atoms with Gasteiger partial charge in [0.1, 0.15) is 6.04 Å². The molecule has 24 heavy (non-hydrogen) atoms. The molecule has 3 rings (SSSR count). The standard InChI is InChI=1S/C17H19NO6/c18-12(15(19)20)7-9-1-6-13(23-16(21)10-2-3-10)14(8-9)24-17(22)11-4-5-11/h1,6,8,10-12H,2-5,7,18H2,(H,19,20)/t12-/m0/s1. The largest absolute Gasteiger partial charge is 0.480 e. The highest BCUT2D eigenvalue weighted by Crippen LogP contribution is 2.36. The van der Waals surface area contributed by atoms with Crippen molar-refractivity contribution in [2.75, 3.05) is 0 Å². The molecule has 0 unspecified atom stereocenters. The molecule has 1 atom stereocenters. The lowest BCUT2D eigenvalue weighted by Gasteiger charge is -2.13. The Balaban J connectivity index is 1.78. The number of esters is 2. The SMILES string of the molecule is N[C@@H](Cc1ccc(OC(=O)C2CC2)c(OC(=O)C2CC2)c1)C(=O)O. The average molecular weight is 333 g/mol. The minimum absolute atomic E-state index is 0.0835. The number of carboxylic acids is 1. The van der Waals surface area contributed by atoms with E-state index in [-0.39, 0.29) is 41.7 Å². The third-order valence-corrected chi connectivity index (χ3v) is 4.02. The van der Waals surface area contributed by atoms with Gasteiger partial charge >= 0.3 is 17.9 Å². The van der Waals surface area contributed by atoms with Crippen LogP contribution in [0.1, 0.15) is 31.2 Å². The van der Waals surface area contributed by atoms with E-state index < -0.39 is 12.0 Å². The molecular weight excluding hydrogens is 314 g/mol. The summed E-state index contributed by atoms with van der Waals surface area (Å²) in [4.78, 5) is 34.6. The Hall–Kier alpha value is -2.41. The van der Waals surface area contributed by atoms with Gasteiger partial charge in [-0.2, -0.15) is 0 Å². The van der Waals surface area contributed by atoms with E-state index in [9.17, 15) is 14.4 Å². The fraction of sp³-hybridized carbons (Fsp3) is 0.471. The third-order valence-electron chi connectivity index (χ3n) is 4.02. The predicted octanol–water partition coefficient (Wildman–Crippen LogP) is 1.27. The minimum atomic E-state index is -1.12. The third kappa shape index (κ3) is 4.11. The number of aliphatic carboxylic acids is 1. The molecule has 0 bridgehead atoms. The lowest BCUT2D eigenvalue weighted by Crippen LogP contribution is -2.32. The number of hydrogen-bond acceptors (Lipinski definition) is 6. The van der Waals surface area contributed by atoms with Crippen molar-refractivity contribution in [1.82, 2.24) is 0 Å². The maximum Gasteiger partial charge on any atom is 0.320 e. The molecule has 0 heterocycles. The molecule has 0 spiro atoms. The fourth-order valence-corrected chi connectivity index (χ4v) is 2.21. The van der Waals surface area contributed by atoms with Gasteiger partial charge in [-0.1, -0.05) is 6.07 Å². The van der Waals surface area contributed by atoms with E-state index in [4.69, 9.17) is 20.3 Å². The number of benzene rings is 1. The molecule has 2 aliphatic rings. The van der Waals surface area contributed by atoms with E-state index in [1.807, 2.05) is 0 Å². The maximum atomic E-state index is 11.9. The van der Waals surface area contributed by atoms with Gasteiger partial charge in [0.15, 0.2) is 11.5 Å². The molecule has 7 nitrogen and oxygen atoms in total. The highest BCUT2D eigenvalue weighted by molar-refractivity contribution is 5.80. The molecule has 3 N–H and O–H groups in total. The van der Waals surface area contributed by atoms with E-state index in [0.717, 1.165) is 25.7 Å². The average Bonchev–Trinajstić information content (AvgIpc) is 3.40. The number of nitrogens with two attached hydrogens (primary N) is 1. The molecule has 2 aliphatic carbocycles. The van der Waals surface area contributed by atoms with Crippen LogP contribution in [0.2, 0.25) is 0 Å². The molecule has 0 amide bonds. The summed E-state index contributed by atoms with van der Waals surface area (Å²) in [6.07, 6.45) is 3.28. The van der Waals surface area contributed by atoms with Crippen LogP contribution in [0, 0.1) is 11.8 Å². The van der Waals surface area contributed by atoms with Crippen LogP contribution in [0.15, 0.2) is 18.2 Å². The number of carboxylic acid groups (broad SMARTS) is 1. The van der Waals surface area contributed by atoms with Crippen LogP contribution in [0.5, 0.6) is 11.5 Å². The molecule has 7 heteroatoms. The summed E-state index contributed by atoms with van der Waals surface area (Å²) in [6, 6.07) is 3.59. The van der Waals surface area contributed by atoms with Crippen molar-refractivity contribution in [2.45, 2.75) is 38.1 Å². The van der Waals surface area contributed by atoms with E-state index in [2.05, 4.69) is 0 Å². The normalized spacial score (nSPS) is 17.9. The number of rotatable bonds is 7. The molecule has 1 aromatic rings. The van der Waals surface area contributed by atoms with Gasteiger partial charge < -0.3 is 20.3 Å². The first-order chi connectivity index (χ1) is 11.4. The summed E-state index contributed by atoms with van der Waals surface area (Å²) in [5.41, 5.74) is 6.12.